The van der Waals surface area contributed by atoms with Crippen LogP contribution in [0, 0.1) is 0 Å². The fourth-order valence-corrected chi connectivity index (χ4v) is 1.65. The molecule has 0 atom stereocenters. The van der Waals surface area contributed by atoms with Crippen LogP contribution in [0.3, 0.4) is 0 Å². The number of hydrogen-bond donors (Lipinski definition) is 1. The molecule has 1 N–H and O–H groups in total. The number of carbonyl (C=O) groups is 1. The third kappa shape index (κ3) is 4.23. The highest BCUT2D eigenvalue weighted by molar-refractivity contribution is 5.66. The summed E-state index contributed by atoms with van der Waals surface area (Å²) in [4.78, 5) is 10.5. The van der Waals surface area contributed by atoms with Crippen LogP contribution in [0.2, 0.25) is 0 Å². The maximum absolute atomic E-state index is 12.5. The molecule has 0 spiro atoms. The average molecular weight is 300 g/mol. The van der Waals surface area contributed by atoms with E-state index in [4.69, 9.17) is 9.84 Å². The third-order valence-electron chi connectivity index (χ3n) is 2.57. The number of aromatic nitrogens is 2. The van der Waals surface area contributed by atoms with Gasteiger partial charge in [0.2, 0.25) is 0 Å². The molecule has 0 unspecified atom stereocenters. The van der Waals surface area contributed by atoms with Crippen LogP contribution in [0.5, 0.6) is 5.75 Å². The summed E-state index contributed by atoms with van der Waals surface area (Å²) in [7, 11) is 0. The van der Waals surface area contributed by atoms with Gasteiger partial charge in [-0.3, -0.25) is 9.48 Å². The predicted octanol–water partition coefficient (Wildman–Crippen LogP) is 2.57. The number of alkyl halides is 3. The van der Waals surface area contributed by atoms with Gasteiger partial charge in [-0.15, -0.1) is 0 Å². The van der Waals surface area contributed by atoms with Crippen molar-refractivity contribution >= 4 is 5.97 Å². The molecule has 2 aromatic rings. The first kappa shape index (κ1) is 14.9. The van der Waals surface area contributed by atoms with E-state index in [1.54, 1.807) is 0 Å². The van der Waals surface area contributed by atoms with Crippen molar-refractivity contribution in [3.05, 3.63) is 47.8 Å². The van der Waals surface area contributed by atoms with Gasteiger partial charge in [0.1, 0.15) is 13.2 Å². The van der Waals surface area contributed by atoms with Gasteiger partial charge in [-0.1, -0.05) is 12.1 Å². The molecule has 8 heteroatoms. The van der Waals surface area contributed by atoms with Gasteiger partial charge in [-0.05, 0) is 17.7 Å². The minimum absolute atomic E-state index is 0.0668. The first-order valence-electron chi connectivity index (χ1n) is 5.88. The minimum atomic E-state index is -4.40. The number of ether oxygens (including phenoxy) is 1. The summed E-state index contributed by atoms with van der Waals surface area (Å²) < 4.78 is 44.1. The van der Waals surface area contributed by atoms with Gasteiger partial charge in [0.05, 0.1) is 18.0 Å². The molecule has 0 bridgehead atoms. The zero-order chi connectivity index (χ0) is 15.5. The largest absolute Gasteiger partial charge is 0.486 e. The molecular weight excluding hydrogens is 289 g/mol. The first-order chi connectivity index (χ1) is 9.84. The Bertz CT molecular complexity index is 638. The SMILES string of the molecule is O=C(O)Cn1cc(OCc2cccc(C(F)(F)F)c2)cn1. The molecule has 0 aliphatic carbocycles. The van der Waals surface area contributed by atoms with Crippen molar-refractivity contribution < 1.29 is 27.8 Å². The number of carboxylic acid groups (broad SMARTS) is 1. The van der Waals surface area contributed by atoms with Crippen LogP contribution in [0.15, 0.2) is 36.7 Å². The average Bonchev–Trinajstić information content (AvgIpc) is 2.82. The highest BCUT2D eigenvalue weighted by Gasteiger charge is 2.30. The second-order valence-electron chi connectivity index (χ2n) is 4.25. The standard InChI is InChI=1S/C13H11F3N2O3/c14-13(15,16)10-3-1-2-9(4-10)8-21-11-5-17-18(6-11)7-12(19)20/h1-6H,7-8H2,(H,19,20). The van der Waals surface area contributed by atoms with Crippen molar-refractivity contribution in [1.82, 2.24) is 9.78 Å². The van der Waals surface area contributed by atoms with Gasteiger partial charge in [0, 0.05) is 0 Å². The zero-order valence-electron chi connectivity index (χ0n) is 10.7. The molecule has 5 nitrogen and oxygen atoms in total. The third-order valence-corrected chi connectivity index (χ3v) is 2.57. The number of aliphatic carboxylic acids is 1. The summed E-state index contributed by atoms with van der Waals surface area (Å²) in [5.74, 6) is -0.767. The quantitative estimate of drug-likeness (QED) is 0.921. The summed E-state index contributed by atoms with van der Waals surface area (Å²) in [6.45, 7) is -0.379. The Kier molecular flexibility index (Phi) is 4.15. The maximum atomic E-state index is 12.5. The van der Waals surface area contributed by atoms with E-state index in [0.717, 1.165) is 16.8 Å². The molecule has 0 radical (unpaired) electrons. The normalized spacial score (nSPS) is 11.4. The number of rotatable bonds is 5. The molecule has 112 valence electrons. The Labute approximate surface area is 117 Å². The van der Waals surface area contributed by atoms with Gasteiger partial charge >= 0.3 is 12.1 Å². The van der Waals surface area contributed by atoms with E-state index >= 15 is 0 Å². The van der Waals surface area contributed by atoms with E-state index in [9.17, 15) is 18.0 Å². The summed E-state index contributed by atoms with van der Waals surface area (Å²) in [5.41, 5.74) is -0.388. The van der Waals surface area contributed by atoms with Gasteiger partial charge in [-0.25, -0.2) is 0 Å². The zero-order valence-corrected chi connectivity index (χ0v) is 10.7. The van der Waals surface area contributed by atoms with Crippen LogP contribution in [0.1, 0.15) is 11.1 Å². The van der Waals surface area contributed by atoms with Crippen LogP contribution < -0.4 is 4.74 Å². The van der Waals surface area contributed by atoms with Gasteiger partial charge in [0.15, 0.2) is 5.75 Å². The monoisotopic (exact) mass is 300 g/mol. The topological polar surface area (TPSA) is 64.3 Å². The Hall–Kier alpha value is -2.51. The molecule has 2 rings (SSSR count). The van der Waals surface area contributed by atoms with Gasteiger partial charge in [0.25, 0.3) is 0 Å². The Balaban J connectivity index is 2.00. The Morgan fingerprint density at radius 2 is 2.14 bits per heavy atom. The van der Waals surface area contributed by atoms with Crippen molar-refractivity contribution in [3.8, 4) is 5.75 Å². The van der Waals surface area contributed by atoms with Crippen molar-refractivity contribution in [3.63, 3.8) is 0 Å². The summed E-state index contributed by atoms with van der Waals surface area (Å²) in [6, 6.07) is 4.79. The minimum Gasteiger partial charge on any atom is -0.486 e. The number of halogens is 3. The molecule has 0 saturated carbocycles. The molecule has 0 aliphatic rings. The lowest BCUT2D eigenvalue weighted by Gasteiger charge is -2.09. The van der Waals surface area contributed by atoms with Crippen LogP contribution in [0.4, 0.5) is 13.2 Å². The smallest absolute Gasteiger partial charge is 0.416 e. The van der Waals surface area contributed by atoms with Gasteiger partial charge < -0.3 is 9.84 Å². The number of nitrogens with zero attached hydrogens (tertiary/aromatic N) is 2. The number of carboxylic acids is 1. The van der Waals surface area contributed by atoms with Crippen LogP contribution in [0.25, 0.3) is 0 Å². The maximum Gasteiger partial charge on any atom is 0.416 e. The highest BCUT2D eigenvalue weighted by Crippen LogP contribution is 2.29. The van der Waals surface area contributed by atoms with E-state index in [1.807, 2.05) is 0 Å². The lowest BCUT2D eigenvalue weighted by atomic mass is 10.1. The predicted molar refractivity (Wildman–Crippen MR) is 65.6 cm³/mol. The van der Waals surface area contributed by atoms with E-state index in [0.29, 0.717) is 5.56 Å². The fourth-order valence-electron chi connectivity index (χ4n) is 1.65. The summed E-state index contributed by atoms with van der Waals surface area (Å²) in [5, 5.41) is 12.3. The molecule has 0 aliphatic heterocycles. The van der Waals surface area contributed by atoms with E-state index in [2.05, 4.69) is 5.10 Å². The Morgan fingerprint density at radius 3 is 2.81 bits per heavy atom. The Morgan fingerprint density at radius 1 is 1.38 bits per heavy atom. The highest BCUT2D eigenvalue weighted by atomic mass is 19.4. The fraction of sp³-hybridized carbons (Fsp3) is 0.231. The number of benzene rings is 1. The molecule has 0 saturated heterocycles. The van der Waals surface area contributed by atoms with Crippen LogP contribution >= 0.6 is 0 Å². The molecule has 1 heterocycles. The first-order valence-corrected chi connectivity index (χ1v) is 5.88. The molecule has 1 aromatic heterocycles. The van der Waals surface area contributed by atoms with Gasteiger partial charge in [-0.2, -0.15) is 18.3 Å². The molecule has 21 heavy (non-hydrogen) atoms. The summed E-state index contributed by atoms with van der Waals surface area (Å²) in [6.07, 6.45) is -1.74. The van der Waals surface area contributed by atoms with Crippen LogP contribution in [-0.2, 0) is 24.1 Å². The van der Waals surface area contributed by atoms with E-state index in [-0.39, 0.29) is 18.9 Å². The molecule has 1 aromatic carbocycles. The molecular formula is C13H11F3N2O3. The van der Waals surface area contributed by atoms with Crippen molar-refractivity contribution in [2.75, 3.05) is 0 Å². The lowest BCUT2D eigenvalue weighted by Crippen LogP contribution is -2.08. The molecule has 0 amide bonds. The van der Waals surface area contributed by atoms with E-state index in [1.165, 1.54) is 24.5 Å². The summed E-state index contributed by atoms with van der Waals surface area (Å²) >= 11 is 0. The number of hydrogen-bond acceptors (Lipinski definition) is 3. The van der Waals surface area contributed by atoms with E-state index < -0.39 is 17.7 Å². The lowest BCUT2D eigenvalue weighted by molar-refractivity contribution is -0.138. The van der Waals surface area contributed by atoms with Crippen molar-refractivity contribution in [2.45, 2.75) is 19.3 Å². The second-order valence-corrected chi connectivity index (χ2v) is 4.25. The van der Waals surface area contributed by atoms with Crippen LogP contribution in [-0.4, -0.2) is 20.9 Å². The molecule has 0 fully saturated rings. The second kappa shape index (κ2) is 5.86. The van der Waals surface area contributed by atoms with Crippen molar-refractivity contribution in [2.24, 2.45) is 0 Å². The van der Waals surface area contributed by atoms with Crippen molar-refractivity contribution in [1.29, 1.82) is 0 Å².